The molecule has 0 atom stereocenters. The summed E-state index contributed by atoms with van der Waals surface area (Å²) in [4.78, 5) is 12.8. The quantitative estimate of drug-likeness (QED) is 0.639. The molecule has 0 aliphatic heterocycles. The number of thiophene rings is 1. The largest absolute Gasteiger partial charge is 0.290 e. The summed E-state index contributed by atoms with van der Waals surface area (Å²) in [5.74, 6) is 0.976. The number of carbonyl (C=O) groups excluding carboxylic acids is 1. The Bertz CT molecular complexity index is 832. The maximum atomic E-state index is 12.2. The Morgan fingerprint density at radius 2 is 2.12 bits per heavy atom. The first-order valence-electron chi connectivity index (χ1n) is 7.33. The van der Waals surface area contributed by atoms with Crippen molar-refractivity contribution in [3.8, 4) is 0 Å². The van der Waals surface area contributed by atoms with E-state index in [0.717, 1.165) is 15.7 Å². The highest BCUT2D eigenvalue weighted by molar-refractivity contribution is 7.98. The minimum atomic E-state index is -0.172. The molecular formula is C16H15ClN4OS2. The fourth-order valence-electron chi connectivity index (χ4n) is 2.10. The van der Waals surface area contributed by atoms with Crippen LogP contribution in [0.15, 0.2) is 46.9 Å². The van der Waals surface area contributed by atoms with Gasteiger partial charge in [0.25, 0.3) is 5.91 Å². The van der Waals surface area contributed by atoms with Crippen molar-refractivity contribution < 1.29 is 4.79 Å². The van der Waals surface area contributed by atoms with Crippen LogP contribution < -0.4 is 5.32 Å². The summed E-state index contributed by atoms with van der Waals surface area (Å²) < 4.78 is 1.88. The van der Waals surface area contributed by atoms with Gasteiger partial charge in [0.2, 0.25) is 5.95 Å². The second-order valence-electron chi connectivity index (χ2n) is 4.86. The van der Waals surface area contributed by atoms with E-state index in [4.69, 9.17) is 11.6 Å². The van der Waals surface area contributed by atoms with Crippen molar-refractivity contribution in [2.45, 2.75) is 24.4 Å². The van der Waals surface area contributed by atoms with Crippen LogP contribution in [0.1, 0.15) is 22.2 Å². The molecule has 2 aromatic heterocycles. The van der Waals surface area contributed by atoms with Crippen LogP contribution in [0.4, 0.5) is 5.95 Å². The number of halogens is 1. The van der Waals surface area contributed by atoms with E-state index in [1.807, 2.05) is 47.2 Å². The zero-order valence-electron chi connectivity index (χ0n) is 12.9. The van der Waals surface area contributed by atoms with Crippen molar-refractivity contribution in [3.05, 3.63) is 57.2 Å². The number of hydrogen-bond acceptors (Lipinski definition) is 5. The summed E-state index contributed by atoms with van der Waals surface area (Å²) in [6.07, 6.45) is 0. The van der Waals surface area contributed by atoms with Crippen molar-refractivity contribution in [1.29, 1.82) is 0 Å². The monoisotopic (exact) mass is 378 g/mol. The fourth-order valence-corrected chi connectivity index (χ4v) is 4.01. The predicted octanol–water partition coefficient (Wildman–Crippen LogP) is 4.56. The van der Waals surface area contributed by atoms with Gasteiger partial charge in [0.15, 0.2) is 5.16 Å². The standard InChI is InChI=1S/C16H15ClN4OS2/c1-2-21-15(18-14(22)13-8-5-9-23-13)19-20-16(21)24-10-11-6-3-4-7-12(11)17/h3-9H,2,10H2,1H3,(H,18,19,22). The average molecular weight is 379 g/mol. The molecule has 8 heteroatoms. The van der Waals surface area contributed by atoms with Crippen molar-refractivity contribution in [2.75, 3.05) is 5.32 Å². The zero-order valence-corrected chi connectivity index (χ0v) is 15.3. The van der Waals surface area contributed by atoms with E-state index in [0.29, 0.717) is 23.1 Å². The Morgan fingerprint density at radius 1 is 1.29 bits per heavy atom. The first-order chi connectivity index (χ1) is 11.7. The van der Waals surface area contributed by atoms with Gasteiger partial charge < -0.3 is 0 Å². The summed E-state index contributed by atoms with van der Waals surface area (Å²) in [6.45, 7) is 2.65. The molecule has 3 rings (SSSR count). The lowest BCUT2D eigenvalue weighted by Gasteiger charge is -2.08. The van der Waals surface area contributed by atoms with Crippen LogP contribution in [0.25, 0.3) is 0 Å². The lowest BCUT2D eigenvalue weighted by atomic mass is 10.2. The van der Waals surface area contributed by atoms with Gasteiger partial charge in [0, 0.05) is 17.3 Å². The molecule has 0 saturated heterocycles. The minimum Gasteiger partial charge on any atom is -0.290 e. The molecule has 0 bridgehead atoms. The molecule has 0 aliphatic carbocycles. The third kappa shape index (κ3) is 3.80. The number of aromatic nitrogens is 3. The lowest BCUT2D eigenvalue weighted by Crippen LogP contribution is -2.14. The number of thioether (sulfide) groups is 1. The number of nitrogens with zero attached hydrogens (tertiary/aromatic N) is 3. The Balaban J connectivity index is 1.72. The van der Waals surface area contributed by atoms with E-state index in [2.05, 4.69) is 15.5 Å². The van der Waals surface area contributed by atoms with Crippen LogP contribution in [-0.4, -0.2) is 20.7 Å². The van der Waals surface area contributed by atoms with E-state index >= 15 is 0 Å². The number of hydrogen-bond donors (Lipinski definition) is 1. The van der Waals surface area contributed by atoms with E-state index in [9.17, 15) is 4.79 Å². The molecule has 2 heterocycles. The van der Waals surface area contributed by atoms with Gasteiger partial charge in [-0.1, -0.05) is 47.6 Å². The molecule has 0 aliphatic rings. The summed E-state index contributed by atoms with van der Waals surface area (Å²) in [6, 6.07) is 11.3. The van der Waals surface area contributed by atoms with Crippen LogP contribution in [0.2, 0.25) is 5.02 Å². The van der Waals surface area contributed by atoms with Crippen molar-refractivity contribution in [3.63, 3.8) is 0 Å². The molecule has 0 saturated carbocycles. The molecule has 0 radical (unpaired) electrons. The highest BCUT2D eigenvalue weighted by atomic mass is 35.5. The first kappa shape index (κ1) is 17.0. The van der Waals surface area contributed by atoms with Gasteiger partial charge in [-0.05, 0) is 30.0 Å². The number of amides is 1. The predicted molar refractivity (Wildman–Crippen MR) is 99.0 cm³/mol. The van der Waals surface area contributed by atoms with Crippen molar-refractivity contribution in [2.24, 2.45) is 0 Å². The average Bonchev–Trinajstić information content (AvgIpc) is 3.24. The normalized spacial score (nSPS) is 10.8. The van der Waals surface area contributed by atoms with Gasteiger partial charge >= 0.3 is 0 Å². The molecule has 0 spiro atoms. The molecular weight excluding hydrogens is 364 g/mol. The van der Waals surface area contributed by atoms with Gasteiger partial charge in [0.1, 0.15) is 0 Å². The molecule has 24 heavy (non-hydrogen) atoms. The van der Waals surface area contributed by atoms with E-state index in [1.54, 1.807) is 17.8 Å². The highest BCUT2D eigenvalue weighted by Gasteiger charge is 2.15. The molecule has 1 N–H and O–H groups in total. The van der Waals surface area contributed by atoms with Crippen LogP contribution in [-0.2, 0) is 12.3 Å². The smallest absolute Gasteiger partial charge is 0.268 e. The first-order valence-corrected chi connectivity index (χ1v) is 9.57. The summed E-state index contributed by atoms with van der Waals surface area (Å²) in [5, 5.41) is 14.5. The van der Waals surface area contributed by atoms with E-state index in [-0.39, 0.29) is 5.91 Å². The fraction of sp³-hybridized carbons (Fsp3) is 0.188. The maximum Gasteiger partial charge on any atom is 0.268 e. The maximum absolute atomic E-state index is 12.2. The Kier molecular flexibility index (Phi) is 5.55. The third-order valence-electron chi connectivity index (χ3n) is 3.32. The molecule has 124 valence electrons. The lowest BCUT2D eigenvalue weighted by molar-refractivity contribution is 0.102. The molecule has 3 aromatic rings. The van der Waals surface area contributed by atoms with Crippen LogP contribution in [0.3, 0.4) is 0 Å². The van der Waals surface area contributed by atoms with Crippen LogP contribution in [0.5, 0.6) is 0 Å². The molecule has 5 nitrogen and oxygen atoms in total. The van der Waals surface area contributed by atoms with Gasteiger partial charge in [-0.3, -0.25) is 14.7 Å². The number of carbonyl (C=O) groups is 1. The van der Waals surface area contributed by atoms with Crippen molar-refractivity contribution >= 4 is 46.6 Å². The molecule has 0 fully saturated rings. The van der Waals surface area contributed by atoms with E-state index < -0.39 is 0 Å². The van der Waals surface area contributed by atoms with Gasteiger partial charge in [-0.2, -0.15) is 0 Å². The second kappa shape index (κ2) is 7.83. The topological polar surface area (TPSA) is 59.8 Å². The molecule has 1 aromatic carbocycles. The molecule has 1 amide bonds. The SMILES string of the molecule is CCn1c(NC(=O)c2cccs2)nnc1SCc1ccccc1Cl. The van der Waals surface area contributed by atoms with Crippen molar-refractivity contribution in [1.82, 2.24) is 14.8 Å². The van der Waals surface area contributed by atoms with E-state index in [1.165, 1.54) is 11.3 Å². The Hall–Kier alpha value is -1.83. The number of benzene rings is 1. The third-order valence-corrected chi connectivity index (χ3v) is 5.57. The summed E-state index contributed by atoms with van der Waals surface area (Å²) in [7, 11) is 0. The number of rotatable bonds is 6. The summed E-state index contributed by atoms with van der Waals surface area (Å²) >= 11 is 9.11. The second-order valence-corrected chi connectivity index (χ2v) is 7.16. The number of nitrogens with one attached hydrogen (secondary N) is 1. The Labute approximate surface area is 153 Å². The summed E-state index contributed by atoms with van der Waals surface area (Å²) in [5.41, 5.74) is 1.04. The van der Waals surface area contributed by atoms with Gasteiger partial charge in [-0.25, -0.2) is 0 Å². The van der Waals surface area contributed by atoms with Gasteiger partial charge in [-0.15, -0.1) is 21.5 Å². The van der Waals surface area contributed by atoms with Crippen LogP contribution >= 0.6 is 34.7 Å². The minimum absolute atomic E-state index is 0.172. The Morgan fingerprint density at radius 3 is 2.83 bits per heavy atom. The highest BCUT2D eigenvalue weighted by Crippen LogP contribution is 2.27. The molecule has 0 unspecified atom stereocenters. The van der Waals surface area contributed by atoms with Gasteiger partial charge in [0.05, 0.1) is 4.88 Å². The number of anilines is 1. The zero-order chi connectivity index (χ0) is 16.9. The van der Waals surface area contributed by atoms with Crippen LogP contribution in [0, 0.1) is 0 Å².